The van der Waals surface area contributed by atoms with Crippen molar-refractivity contribution in [1.29, 1.82) is 0 Å². The van der Waals surface area contributed by atoms with E-state index in [9.17, 15) is 10.1 Å². The third-order valence-electron chi connectivity index (χ3n) is 3.23. The van der Waals surface area contributed by atoms with Crippen LogP contribution in [0.3, 0.4) is 0 Å². The number of aromatic nitrogens is 2. The van der Waals surface area contributed by atoms with Crippen molar-refractivity contribution in [1.82, 2.24) is 9.97 Å². The first kappa shape index (κ1) is 15.9. The molecule has 0 radical (unpaired) electrons. The van der Waals surface area contributed by atoms with Gasteiger partial charge in [0.25, 0.3) is 0 Å². The molecule has 120 valence electrons. The highest BCUT2D eigenvalue weighted by molar-refractivity contribution is 7.99. The minimum atomic E-state index is -0.446. The lowest BCUT2D eigenvalue weighted by molar-refractivity contribution is -0.387. The molecule has 0 amide bonds. The van der Waals surface area contributed by atoms with Crippen LogP contribution in [-0.4, -0.2) is 14.9 Å². The Labute approximate surface area is 143 Å². The van der Waals surface area contributed by atoms with Crippen LogP contribution in [0.15, 0.2) is 76.9 Å². The van der Waals surface area contributed by atoms with Gasteiger partial charge in [-0.15, -0.1) is 0 Å². The first-order chi connectivity index (χ1) is 11.7. The third-order valence-corrected chi connectivity index (χ3v) is 4.23. The second-order valence-corrected chi connectivity index (χ2v) is 5.95. The molecule has 0 atom stereocenters. The van der Waals surface area contributed by atoms with Gasteiger partial charge in [0.15, 0.2) is 5.03 Å². The zero-order valence-electron chi connectivity index (χ0n) is 12.6. The van der Waals surface area contributed by atoms with Crippen molar-refractivity contribution in [2.45, 2.75) is 16.5 Å². The van der Waals surface area contributed by atoms with Gasteiger partial charge >= 0.3 is 5.69 Å². The van der Waals surface area contributed by atoms with Gasteiger partial charge in [-0.1, -0.05) is 60.3 Å². The highest BCUT2D eigenvalue weighted by Crippen LogP contribution is 2.36. The molecule has 0 aliphatic carbocycles. The Kier molecular flexibility index (Phi) is 5.02. The van der Waals surface area contributed by atoms with Gasteiger partial charge < -0.3 is 5.32 Å². The molecule has 0 saturated carbocycles. The van der Waals surface area contributed by atoms with Crippen molar-refractivity contribution in [2.75, 3.05) is 5.32 Å². The second-order valence-electron chi connectivity index (χ2n) is 4.89. The molecular weight excluding hydrogens is 324 g/mol. The fourth-order valence-electron chi connectivity index (χ4n) is 2.11. The molecule has 7 heteroatoms. The highest BCUT2D eigenvalue weighted by atomic mass is 32.2. The standard InChI is InChI=1S/C17H14N4O2S/c22-21(23)15-16(18-11-13-7-3-1-4-8-13)19-12-20-17(15)24-14-9-5-2-6-10-14/h1-10,12H,11H2,(H,18,19,20). The van der Waals surface area contributed by atoms with Gasteiger partial charge in [-0.25, -0.2) is 9.97 Å². The average Bonchev–Trinajstić information content (AvgIpc) is 2.61. The molecule has 0 aliphatic rings. The van der Waals surface area contributed by atoms with E-state index in [4.69, 9.17) is 0 Å². The minimum Gasteiger partial charge on any atom is -0.360 e. The van der Waals surface area contributed by atoms with E-state index < -0.39 is 4.92 Å². The predicted molar refractivity (Wildman–Crippen MR) is 93.0 cm³/mol. The van der Waals surface area contributed by atoms with E-state index in [1.165, 1.54) is 18.1 Å². The molecule has 3 rings (SSSR count). The largest absolute Gasteiger partial charge is 0.360 e. The van der Waals surface area contributed by atoms with Crippen LogP contribution in [0.25, 0.3) is 0 Å². The number of benzene rings is 2. The van der Waals surface area contributed by atoms with Crippen LogP contribution in [0.5, 0.6) is 0 Å². The number of nitrogens with zero attached hydrogens (tertiary/aromatic N) is 3. The maximum atomic E-state index is 11.5. The van der Waals surface area contributed by atoms with Crippen molar-refractivity contribution >= 4 is 23.3 Å². The fraction of sp³-hybridized carbons (Fsp3) is 0.0588. The van der Waals surface area contributed by atoms with Crippen LogP contribution in [0.2, 0.25) is 0 Å². The maximum Gasteiger partial charge on any atom is 0.343 e. The summed E-state index contributed by atoms with van der Waals surface area (Å²) in [6.07, 6.45) is 1.34. The normalized spacial score (nSPS) is 10.3. The summed E-state index contributed by atoms with van der Waals surface area (Å²) in [4.78, 5) is 20.1. The SMILES string of the molecule is O=[N+]([O-])c1c(NCc2ccccc2)ncnc1Sc1ccccc1. The Morgan fingerprint density at radius 3 is 2.33 bits per heavy atom. The maximum absolute atomic E-state index is 11.5. The van der Waals surface area contributed by atoms with Gasteiger partial charge in [0.05, 0.1) is 4.92 Å². The van der Waals surface area contributed by atoms with E-state index in [2.05, 4.69) is 15.3 Å². The van der Waals surface area contributed by atoms with Gasteiger partial charge in [0.2, 0.25) is 5.82 Å². The van der Waals surface area contributed by atoms with E-state index in [1.807, 2.05) is 60.7 Å². The van der Waals surface area contributed by atoms with E-state index >= 15 is 0 Å². The molecule has 0 unspecified atom stereocenters. The molecule has 1 aromatic heterocycles. The van der Waals surface area contributed by atoms with Crippen LogP contribution in [0.1, 0.15) is 5.56 Å². The predicted octanol–water partition coefficient (Wildman–Crippen LogP) is 4.15. The lowest BCUT2D eigenvalue weighted by Crippen LogP contribution is -2.06. The van der Waals surface area contributed by atoms with Crippen LogP contribution in [-0.2, 0) is 6.54 Å². The quantitative estimate of drug-likeness (QED) is 0.413. The summed E-state index contributed by atoms with van der Waals surface area (Å²) in [5.41, 5.74) is 0.907. The van der Waals surface area contributed by atoms with E-state index in [1.54, 1.807) is 0 Å². The van der Waals surface area contributed by atoms with Gasteiger partial charge in [0.1, 0.15) is 6.33 Å². The van der Waals surface area contributed by atoms with E-state index in [0.717, 1.165) is 10.5 Å². The molecule has 0 spiro atoms. The Bertz CT molecular complexity index is 829. The number of rotatable bonds is 6. The number of anilines is 1. The van der Waals surface area contributed by atoms with Gasteiger partial charge in [0, 0.05) is 11.4 Å². The topological polar surface area (TPSA) is 81.0 Å². The molecule has 0 fully saturated rings. The van der Waals surface area contributed by atoms with Gasteiger partial charge in [-0.3, -0.25) is 10.1 Å². The molecule has 2 aromatic carbocycles. The van der Waals surface area contributed by atoms with E-state index in [-0.39, 0.29) is 11.5 Å². The Balaban J connectivity index is 1.86. The summed E-state index contributed by atoms with van der Waals surface area (Å²) < 4.78 is 0. The lowest BCUT2D eigenvalue weighted by atomic mass is 10.2. The monoisotopic (exact) mass is 338 g/mol. The number of nitro groups is 1. The van der Waals surface area contributed by atoms with E-state index in [0.29, 0.717) is 11.6 Å². The molecule has 0 bridgehead atoms. The summed E-state index contributed by atoms with van der Waals surface area (Å²) in [5, 5.41) is 14.9. The highest BCUT2D eigenvalue weighted by Gasteiger charge is 2.23. The van der Waals surface area contributed by atoms with Gasteiger partial charge in [-0.2, -0.15) is 0 Å². The fourth-order valence-corrected chi connectivity index (χ4v) is 3.00. The zero-order valence-corrected chi connectivity index (χ0v) is 13.4. The van der Waals surface area contributed by atoms with Crippen LogP contribution < -0.4 is 5.32 Å². The summed E-state index contributed by atoms with van der Waals surface area (Å²) in [6.45, 7) is 0.453. The number of hydrogen-bond acceptors (Lipinski definition) is 6. The minimum absolute atomic E-state index is 0.109. The van der Waals surface area contributed by atoms with Crippen molar-refractivity contribution in [3.63, 3.8) is 0 Å². The molecule has 1 N–H and O–H groups in total. The van der Waals surface area contributed by atoms with Gasteiger partial charge in [-0.05, 0) is 17.7 Å². The van der Waals surface area contributed by atoms with Crippen molar-refractivity contribution in [2.24, 2.45) is 0 Å². The Morgan fingerprint density at radius 2 is 1.67 bits per heavy atom. The summed E-state index contributed by atoms with van der Waals surface area (Å²) in [5.74, 6) is 0.220. The lowest BCUT2D eigenvalue weighted by Gasteiger charge is -2.08. The molecule has 24 heavy (non-hydrogen) atoms. The van der Waals surface area contributed by atoms with Crippen molar-refractivity contribution in [3.05, 3.63) is 82.7 Å². The molecule has 0 saturated heterocycles. The number of nitrogens with one attached hydrogen (secondary N) is 1. The average molecular weight is 338 g/mol. The molecule has 3 aromatic rings. The third kappa shape index (κ3) is 3.88. The molecular formula is C17H14N4O2S. The zero-order chi connectivity index (χ0) is 16.8. The number of hydrogen-bond donors (Lipinski definition) is 1. The Morgan fingerprint density at radius 1 is 1.00 bits per heavy atom. The van der Waals surface area contributed by atoms with Crippen LogP contribution >= 0.6 is 11.8 Å². The summed E-state index contributed by atoms with van der Waals surface area (Å²) in [7, 11) is 0. The first-order valence-corrected chi connectivity index (χ1v) is 8.06. The van der Waals surface area contributed by atoms with Crippen LogP contribution in [0, 0.1) is 10.1 Å². The molecule has 6 nitrogen and oxygen atoms in total. The summed E-state index contributed by atoms with van der Waals surface area (Å²) in [6, 6.07) is 19.1. The molecule has 1 heterocycles. The van der Waals surface area contributed by atoms with Crippen molar-refractivity contribution < 1.29 is 4.92 Å². The molecule has 0 aliphatic heterocycles. The van der Waals surface area contributed by atoms with Crippen LogP contribution in [0.4, 0.5) is 11.5 Å². The smallest absolute Gasteiger partial charge is 0.343 e. The summed E-state index contributed by atoms with van der Waals surface area (Å²) >= 11 is 1.25. The Hall–Kier alpha value is -2.93. The second kappa shape index (κ2) is 7.56. The first-order valence-electron chi connectivity index (χ1n) is 7.24. The van der Waals surface area contributed by atoms with Crippen molar-refractivity contribution in [3.8, 4) is 0 Å².